The highest BCUT2D eigenvalue weighted by Gasteiger charge is 2.71. The fourth-order valence-electron chi connectivity index (χ4n) is 4.08. The first-order valence-corrected chi connectivity index (χ1v) is 5.69. The van der Waals surface area contributed by atoms with Gasteiger partial charge in [-0.05, 0) is 37.5 Å². The molecule has 2 fully saturated rings. The van der Waals surface area contributed by atoms with Crippen LogP contribution in [-0.2, 0) is 4.79 Å². The van der Waals surface area contributed by atoms with Gasteiger partial charge in [0.25, 0.3) is 0 Å². The summed E-state index contributed by atoms with van der Waals surface area (Å²) in [6, 6.07) is 0. The van der Waals surface area contributed by atoms with Crippen molar-refractivity contribution in [2.24, 2.45) is 16.7 Å². The second-order valence-electron chi connectivity index (χ2n) is 5.75. The molecule has 2 nitrogen and oxygen atoms in total. The van der Waals surface area contributed by atoms with E-state index >= 15 is 0 Å². The first kappa shape index (κ1) is 10.9. The summed E-state index contributed by atoms with van der Waals surface area (Å²) in [7, 11) is 0. The van der Waals surface area contributed by atoms with E-state index in [9.17, 15) is 9.90 Å². The molecule has 0 aliphatic heterocycles. The molecule has 0 spiro atoms. The maximum atomic E-state index is 11.7. The molecule has 1 N–H and O–H groups in total. The Morgan fingerprint density at radius 1 is 1.53 bits per heavy atom. The molecule has 0 heterocycles. The topological polar surface area (TPSA) is 37.3 Å². The summed E-state index contributed by atoms with van der Waals surface area (Å²) in [6.45, 7) is 9.70. The van der Waals surface area contributed by atoms with Crippen molar-refractivity contribution in [2.75, 3.05) is 0 Å². The van der Waals surface area contributed by atoms with Crippen molar-refractivity contribution in [3.05, 3.63) is 12.7 Å². The molecule has 0 amide bonds. The van der Waals surface area contributed by atoms with Crippen molar-refractivity contribution in [3.63, 3.8) is 0 Å². The van der Waals surface area contributed by atoms with Crippen LogP contribution in [-0.4, -0.2) is 16.5 Å². The average Bonchev–Trinajstić information content (AvgIpc) is 2.49. The van der Waals surface area contributed by atoms with Crippen LogP contribution in [0.4, 0.5) is 0 Å². The van der Waals surface area contributed by atoms with Crippen LogP contribution in [0.2, 0.25) is 0 Å². The fraction of sp³-hybridized carbons (Fsp3) is 0.769. The first-order valence-electron chi connectivity index (χ1n) is 5.69. The molecule has 2 heteroatoms. The minimum atomic E-state index is -1.17. The molecule has 0 aromatic rings. The summed E-state index contributed by atoms with van der Waals surface area (Å²) in [6.07, 6.45) is 4.45. The van der Waals surface area contributed by atoms with E-state index in [1.807, 2.05) is 6.08 Å². The minimum absolute atomic E-state index is 0.00479. The molecule has 0 saturated heterocycles. The number of hydrogen-bond acceptors (Lipinski definition) is 2. The number of fused-ring (bicyclic) bond motifs is 2. The normalized spacial score (nSPS) is 46.8. The average molecular weight is 208 g/mol. The summed E-state index contributed by atoms with van der Waals surface area (Å²) in [5.74, 6) is 0.349. The lowest BCUT2D eigenvalue weighted by Gasteiger charge is -2.44. The molecule has 15 heavy (non-hydrogen) atoms. The molecule has 2 aliphatic rings. The highest BCUT2D eigenvalue weighted by atomic mass is 16.3. The van der Waals surface area contributed by atoms with Crippen molar-refractivity contribution in [3.8, 4) is 0 Å². The molecule has 2 aliphatic carbocycles. The molecular weight excluding hydrogens is 188 g/mol. The van der Waals surface area contributed by atoms with Gasteiger partial charge in [-0.25, -0.2) is 0 Å². The maximum Gasteiger partial charge on any atom is 0.162 e. The number of ketones is 1. The van der Waals surface area contributed by atoms with Crippen LogP contribution in [0.3, 0.4) is 0 Å². The minimum Gasteiger partial charge on any atom is -0.381 e. The predicted octanol–water partition coefficient (Wildman–Crippen LogP) is 2.32. The molecule has 2 rings (SSSR count). The van der Waals surface area contributed by atoms with E-state index in [1.165, 1.54) is 6.92 Å². The second kappa shape index (κ2) is 2.73. The number of Topliss-reactive ketones (excluding diaryl/α,β-unsaturated/α-hetero) is 1. The zero-order chi connectivity index (χ0) is 11.5. The summed E-state index contributed by atoms with van der Waals surface area (Å²) in [5, 5.41) is 10.6. The molecule has 0 aromatic carbocycles. The molecular formula is C13H20O2. The van der Waals surface area contributed by atoms with Crippen LogP contribution in [0.1, 0.15) is 40.0 Å². The fourth-order valence-corrected chi connectivity index (χ4v) is 4.08. The van der Waals surface area contributed by atoms with Gasteiger partial charge in [-0.15, -0.1) is 6.58 Å². The Morgan fingerprint density at radius 3 is 2.47 bits per heavy atom. The van der Waals surface area contributed by atoms with Gasteiger partial charge in [0.2, 0.25) is 0 Å². The van der Waals surface area contributed by atoms with Crippen LogP contribution in [0.5, 0.6) is 0 Å². The van der Waals surface area contributed by atoms with Crippen LogP contribution in [0.25, 0.3) is 0 Å². The lowest BCUT2D eigenvalue weighted by molar-refractivity contribution is -0.149. The van der Waals surface area contributed by atoms with Crippen molar-refractivity contribution >= 4 is 5.78 Å². The molecule has 3 atom stereocenters. The van der Waals surface area contributed by atoms with Crippen LogP contribution < -0.4 is 0 Å². The van der Waals surface area contributed by atoms with Gasteiger partial charge in [-0.3, -0.25) is 4.79 Å². The SMILES string of the molecule is C=C[C@]12CC[C@H](C[C@]1(O)C(C)=O)C2(C)C. The largest absolute Gasteiger partial charge is 0.381 e. The van der Waals surface area contributed by atoms with Gasteiger partial charge < -0.3 is 5.11 Å². The van der Waals surface area contributed by atoms with E-state index in [0.717, 1.165) is 12.8 Å². The monoisotopic (exact) mass is 208 g/mol. The number of carbonyl (C=O) groups excluding carboxylic acids is 1. The van der Waals surface area contributed by atoms with Crippen LogP contribution in [0, 0.1) is 16.7 Å². The Labute approximate surface area is 91.4 Å². The lowest BCUT2D eigenvalue weighted by atomic mass is 9.62. The van der Waals surface area contributed by atoms with Gasteiger partial charge in [-0.1, -0.05) is 19.9 Å². The zero-order valence-electron chi connectivity index (χ0n) is 9.84. The standard InChI is InChI=1S/C13H20O2/c1-5-12-7-6-10(11(12,3)4)8-13(12,15)9(2)14/h5,10,15H,1,6-8H2,2-4H3/t10-,12-,13+/m1/s1. The molecule has 2 saturated carbocycles. The maximum absolute atomic E-state index is 11.7. The van der Waals surface area contributed by atoms with Crippen molar-refractivity contribution in [2.45, 2.75) is 45.6 Å². The summed E-state index contributed by atoms with van der Waals surface area (Å²) >= 11 is 0. The van der Waals surface area contributed by atoms with Gasteiger partial charge in [0.05, 0.1) is 0 Å². The van der Waals surface area contributed by atoms with E-state index in [0.29, 0.717) is 12.3 Å². The first-order chi connectivity index (χ1) is 6.82. The van der Waals surface area contributed by atoms with E-state index < -0.39 is 11.0 Å². The summed E-state index contributed by atoms with van der Waals surface area (Å²) < 4.78 is 0. The molecule has 2 bridgehead atoms. The smallest absolute Gasteiger partial charge is 0.162 e. The summed E-state index contributed by atoms with van der Waals surface area (Å²) in [5.41, 5.74) is -1.58. The third-order valence-electron chi connectivity index (χ3n) is 5.27. The molecule has 84 valence electrons. The van der Waals surface area contributed by atoms with Gasteiger partial charge in [0.1, 0.15) is 5.60 Å². The number of carbonyl (C=O) groups is 1. The number of aliphatic hydroxyl groups is 1. The van der Waals surface area contributed by atoms with Crippen molar-refractivity contribution in [1.82, 2.24) is 0 Å². The Kier molecular flexibility index (Phi) is 1.98. The number of rotatable bonds is 2. The third kappa shape index (κ3) is 0.919. The van der Waals surface area contributed by atoms with E-state index in [1.54, 1.807) is 0 Å². The highest BCUT2D eigenvalue weighted by Crippen LogP contribution is 2.70. The summed E-state index contributed by atoms with van der Waals surface area (Å²) in [4.78, 5) is 11.7. The van der Waals surface area contributed by atoms with Gasteiger partial charge in [-0.2, -0.15) is 0 Å². The third-order valence-corrected chi connectivity index (χ3v) is 5.27. The number of hydrogen-bond donors (Lipinski definition) is 1. The molecule has 0 aromatic heterocycles. The van der Waals surface area contributed by atoms with Crippen LogP contribution in [0.15, 0.2) is 12.7 Å². The molecule has 0 unspecified atom stereocenters. The Hall–Kier alpha value is -0.630. The van der Waals surface area contributed by atoms with Crippen molar-refractivity contribution in [1.29, 1.82) is 0 Å². The van der Waals surface area contributed by atoms with Gasteiger partial charge >= 0.3 is 0 Å². The van der Waals surface area contributed by atoms with Crippen LogP contribution >= 0.6 is 0 Å². The van der Waals surface area contributed by atoms with E-state index in [-0.39, 0.29) is 11.2 Å². The highest BCUT2D eigenvalue weighted by molar-refractivity contribution is 5.87. The Bertz CT molecular complexity index is 331. The quantitative estimate of drug-likeness (QED) is 0.707. The Balaban J connectivity index is 2.58. The predicted molar refractivity (Wildman–Crippen MR) is 59.4 cm³/mol. The zero-order valence-corrected chi connectivity index (χ0v) is 9.84. The van der Waals surface area contributed by atoms with E-state index in [2.05, 4.69) is 20.4 Å². The molecule has 0 radical (unpaired) electrons. The lowest BCUT2D eigenvalue weighted by Crippen LogP contribution is -2.52. The van der Waals surface area contributed by atoms with Gasteiger partial charge in [0.15, 0.2) is 5.78 Å². The Morgan fingerprint density at radius 2 is 2.13 bits per heavy atom. The van der Waals surface area contributed by atoms with E-state index in [4.69, 9.17) is 0 Å². The second-order valence-corrected chi connectivity index (χ2v) is 5.75. The van der Waals surface area contributed by atoms with Gasteiger partial charge in [0, 0.05) is 5.41 Å². The van der Waals surface area contributed by atoms with Crippen molar-refractivity contribution < 1.29 is 9.90 Å².